The molecule has 0 radical (unpaired) electrons. The summed E-state index contributed by atoms with van der Waals surface area (Å²) in [6.45, 7) is 6.76. The topological polar surface area (TPSA) is 26.3 Å². The molecule has 0 aromatic carbocycles. The molecular formula is C10H23O2PS2. The fourth-order valence-corrected chi connectivity index (χ4v) is 8.17. The molecule has 0 atom stereocenters. The standard InChI is InChI=1S/C10H23O2PS2/c1-4-7-9-14-13(11,12-6-3)15-10-8-5-2/h4-10H2,1-3H3. The molecule has 0 saturated carbocycles. The van der Waals surface area contributed by atoms with Crippen molar-refractivity contribution in [2.75, 3.05) is 18.1 Å². The lowest BCUT2D eigenvalue weighted by atomic mass is 10.4. The normalized spacial score (nSPS) is 11.9. The highest BCUT2D eigenvalue weighted by Gasteiger charge is 2.23. The Kier molecular flexibility index (Phi) is 10.7. The maximum atomic E-state index is 12.3. The summed E-state index contributed by atoms with van der Waals surface area (Å²) in [5, 5.41) is 0. The summed E-state index contributed by atoms with van der Waals surface area (Å²) >= 11 is 3.04. The molecule has 5 heteroatoms. The molecule has 0 heterocycles. The molecule has 0 bridgehead atoms. The smallest absolute Gasteiger partial charge is 0.313 e. The van der Waals surface area contributed by atoms with Crippen molar-refractivity contribution in [3.05, 3.63) is 0 Å². The van der Waals surface area contributed by atoms with E-state index in [1.165, 1.54) is 22.8 Å². The van der Waals surface area contributed by atoms with Gasteiger partial charge in [0.05, 0.1) is 6.61 Å². The summed E-state index contributed by atoms with van der Waals surface area (Å²) in [6, 6.07) is 0. The predicted octanol–water partition coefficient (Wildman–Crippen LogP) is 5.20. The molecule has 92 valence electrons. The van der Waals surface area contributed by atoms with Crippen molar-refractivity contribution >= 4 is 28.5 Å². The van der Waals surface area contributed by atoms with Crippen molar-refractivity contribution in [3.8, 4) is 0 Å². The van der Waals surface area contributed by atoms with Gasteiger partial charge in [0.25, 0.3) is 0 Å². The molecule has 0 unspecified atom stereocenters. The second-order valence-electron chi connectivity index (χ2n) is 3.24. The minimum Gasteiger partial charge on any atom is -0.314 e. The van der Waals surface area contributed by atoms with Crippen LogP contribution in [-0.4, -0.2) is 18.1 Å². The first-order valence-electron chi connectivity index (χ1n) is 5.72. The van der Waals surface area contributed by atoms with E-state index in [0.717, 1.165) is 37.2 Å². The van der Waals surface area contributed by atoms with E-state index in [4.69, 9.17) is 4.52 Å². The zero-order chi connectivity index (χ0) is 11.6. The Morgan fingerprint density at radius 1 is 1.00 bits per heavy atom. The maximum absolute atomic E-state index is 12.3. The zero-order valence-corrected chi connectivity index (χ0v) is 12.6. The highest BCUT2D eigenvalue weighted by molar-refractivity contribution is 8.89. The van der Waals surface area contributed by atoms with Gasteiger partial charge in [-0.3, -0.25) is 4.57 Å². The Labute approximate surface area is 102 Å². The van der Waals surface area contributed by atoms with Crippen molar-refractivity contribution in [3.63, 3.8) is 0 Å². The van der Waals surface area contributed by atoms with Crippen LogP contribution in [0.2, 0.25) is 0 Å². The van der Waals surface area contributed by atoms with Gasteiger partial charge < -0.3 is 4.52 Å². The molecule has 0 amide bonds. The molecule has 0 aromatic rings. The number of hydrogen-bond acceptors (Lipinski definition) is 4. The third-order valence-corrected chi connectivity index (χ3v) is 9.45. The zero-order valence-electron chi connectivity index (χ0n) is 10.0. The number of rotatable bonds is 10. The number of unbranched alkanes of at least 4 members (excludes halogenated alkanes) is 2. The summed E-state index contributed by atoms with van der Waals surface area (Å²) in [5.74, 6) is -0.543. The minimum atomic E-state index is -2.45. The SMILES string of the molecule is CCCCSP(=O)(OCC)SCCCC. The predicted molar refractivity (Wildman–Crippen MR) is 74.0 cm³/mol. The third kappa shape index (κ3) is 8.67. The third-order valence-electron chi connectivity index (χ3n) is 1.78. The van der Waals surface area contributed by atoms with Gasteiger partial charge in [-0.2, -0.15) is 0 Å². The molecular weight excluding hydrogens is 247 g/mol. The van der Waals surface area contributed by atoms with E-state index in [1.807, 2.05) is 6.92 Å². The first-order chi connectivity index (χ1) is 7.18. The Hall–Kier alpha value is 0.890. The average molecular weight is 270 g/mol. The van der Waals surface area contributed by atoms with Gasteiger partial charge in [0, 0.05) is 11.5 Å². The fourth-order valence-electron chi connectivity index (χ4n) is 0.911. The summed E-state index contributed by atoms with van der Waals surface area (Å²) in [7, 11) is 0. The van der Waals surface area contributed by atoms with Crippen LogP contribution in [0.3, 0.4) is 0 Å². The molecule has 0 aromatic heterocycles. The van der Waals surface area contributed by atoms with Crippen molar-refractivity contribution in [1.29, 1.82) is 0 Å². The Morgan fingerprint density at radius 3 is 1.80 bits per heavy atom. The van der Waals surface area contributed by atoms with E-state index in [9.17, 15) is 4.57 Å². The van der Waals surface area contributed by atoms with Gasteiger partial charge in [0.2, 0.25) is 0 Å². The van der Waals surface area contributed by atoms with Crippen LogP contribution in [-0.2, 0) is 9.09 Å². The van der Waals surface area contributed by atoms with Crippen LogP contribution in [0, 0.1) is 0 Å². The van der Waals surface area contributed by atoms with Crippen LogP contribution in [0.1, 0.15) is 46.5 Å². The molecule has 15 heavy (non-hydrogen) atoms. The van der Waals surface area contributed by atoms with Gasteiger partial charge in [-0.15, -0.1) is 0 Å². The van der Waals surface area contributed by atoms with E-state index in [2.05, 4.69) is 13.8 Å². The summed E-state index contributed by atoms with van der Waals surface area (Å²) < 4.78 is 17.7. The van der Waals surface area contributed by atoms with Gasteiger partial charge in [-0.25, -0.2) is 0 Å². The second-order valence-corrected chi connectivity index (χ2v) is 10.9. The molecule has 0 saturated heterocycles. The van der Waals surface area contributed by atoms with E-state index in [-0.39, 0.29) is 0 Å². The monoisotopic (exact) mass is 270 g/mol. The summed E-state index contributed by atoms with van der Waals surface area (Å²) in [5.41, 5.74) is 0. The van der Waals surface area contributed by atoms with Gasteiger partial charge >= 0.3 is 5.77 Å². The van der Waals surface area contributed by atoms with Crippen molar-refractivity contribution in [2.24, 2.45) is 0 Å². The minimum absolute atomic E-state index is 0.551. The van der Waals surface area contributed by atoms with E-state index in [1.54, 1.807) is 0 Å². The summed E-state index contributed by atoms with van der Waals surface area (Å²) in [4.78, 5) is 0. The molecule has 0 aliphatic rings. The molecule has 0 aliphatic heterocycles. The van der Waals surface area contributed by atoms with Crippen LogP contribution in [0.4, 0.5) is 0 Å². The lowest BCUT2D eigenvalue weighted by Crippen LogP contribution is -1.87. The van der Waals surface area contributed by atoms with Crippen LogP contribution in [0.5, 0.6) is 0 Å². The maximum Gasteiger partial charge on any atom is 0.313 e. The summed E-state index contributed by atoms with van der Waals surface area (Å²) in [6.07, 6.45) is 4.55. The Bertz CT molecular complexity index is 174. The quantitative estimate of drug-likeness (QED) is 0.403. The van der Waals surface area contributed by atoms with Crippen molar-refractivity contribution in [2.45, 2.75) is 46.5 Å². The van der Waals surface area contributed by atoms with E-state index >= 15 is 0 Å². The second kappa shape index (κ2) is 10.1. The molecule has 0 N–H and O–H groups in total. The van der Waals surface area contributed by atoms with E-state index < -0.39 is 5.77 Å². The van der Waals surface area contributed by atoms with Crippen molar-refractivity contribution in [1.82, 2.24) is 0 Å². The van der Waals surface area contributed by atoms with Crippen LogP contribution >= 0.6 is 28.5 Å². The lowest BCUT2D eigenvalue weighted by Gasteiger charge is -2.15. The first kappa shape index (κ1) is 15.9. The molecule has 0 spiro atoms. The highest BCUT2D eigenvalue weighted by Crippen LogP contribution is 2.70. The molecule has 0 fully saturated rings. The fraction of sp³-hybridized carbons (Fsp3) is 1.00. The van der Waals surface area contributed by atoms with Crippen LogP contribution in [0.15, 0.2) is 0 Å². The van der Waals surface area contributed by atoms with Crippen molar-refractivity contribution < 1.29 is 9.09 Å². The Balaban J connectivity index is 3.89. The average Bonchev–Trinajstić information content (AvgIpc) is 2.19. The van der Waals surface area contributed by atoms with E-state index in [0.29, 0.717) is 6.61 Å². The van der Waals surface area contributed by atoms with Gasteiger partial charge in [-0.1, -0.05) is 49.5 Å². The van der Waals surface area contributed by atoms with Crippen LogP contribution < -0.4 is 0 Å². The van der Waals surface area contributed by atoms with Gasteiger partial charge in [0.1, 0.15) is 0 Å². The number of hydrogen-bond donors (Lipinski definition) is 0. The highest BCUT2D eigenvalue weighted by atomic mass is 33.1. The molecule has 0 rings (SSSR count). The van der Waals surface area contributed by atoms with Crippen LogP contribution in [0.25, 0.3) is 0 Å². The molecule has 0 aliphatic carbocycles. The lowest BCUT2D eigenvalue weighted by molar-refractivity contribution is 0.357. The van der Waals surface area contributed by atoms with Gasteiger partial charge in [-0.05, 0) is 19.8 Å². The largest absolute Gasteiger partial charge is 0.314 e. The Morgan fingerprint density at radius 2 is 1.47 bits per heavy atom. The molecule has 2 nitrogen and oxygen atoms in total. The van der Waals surface area contributed by atoms with Gasteiger partial charge in [0.15, 0.2) is 0 Å². The first-order valence-corrected chi connectivity index (χ1v) is 10.5.